The lowest BCUT2D eigenvalue weighted by molar-refractivity contribution is 0.0877. The molecule has 0 aromatic carbocycles. The van der Waals surface area contributed by atoms with Crippen LogP contribution >= 0.6 is 0 Å². The summed E-state index contributed by atoms with van der Waals surface area (Å²) < 4.78 is 0. The second kappa shape index (κ2) is 8.03. The third kappa shape index (κ3) is 4.92. The maximum absolute atomic E-state index is 9.24. The molecule has 0 amide bonds. The highest BCUT2D eigenvalue weighted by Crippen LogP contribution is 2.11. The Bertz CT molecular complexity index is 201. The molecule has 0 saturated carbocycles. The van der Waals surface area contributed by atoms with Crippen LogP contribution in [0.2, 0.25) is 0 Å². The second-order valence-electron chi connectivity index (χ2n) is 5.07. The minimum atomic E-state index is 0.249. The van der Waals surface area contributed by atoms with Gasteiger partial charge in [0.25, 0.3) is 0 Å². The number of likely N-dealkylation sites (N-methyl/N-ethyl adjacent to an activating group) is 2. The van der Waals surface area contributed by atoms with Crippen molar-refractivity contribution >= 4 is 0 Å². The van der Waals surface area contributed by atoms with Crippen LogP contribution in [0.25, 0.3) is 0 Å². The molecule has 1 fully saturated rings. The van der Waals surface area contributed by atoms with Crippen molar-refractivity contribution in [3.8, 4) is 0 Å². The summed E-state index contributed by atoms with van der Waals surface area (Å²) in [5.41, 5.74) is 0. The Kier molecular flexibility index (Phi) is 7.04. The number of piperazine rings is 1. The molecule has 0 aliphatic carbocycles. The molecule has 2 unspecified atom stereocenters. The number of nitrogens with zero attached hydrogens (tertiary/aromatic N) is 2. The zero-order valence-corrected chi connectivity index (χ0v) is 11.7. The summed E-state index contributed by atoms with van der Waals surface area (Å²) in [4.78, 5) is 5.00. The molecule has 2 N–H and O–H groups in total. The summed E-state index contributed by atoms with van der Waals surface area (Å²) in [6.07, 6.45) is 2.27. The Balaban J connectivity index is 2.27. The van der Waals surface area contributed by atoms with Crippen LogP contribution in [0.15, 0.2) is 0 Å². The Morgan fingerprint density at radius 1 is 1.35 bits per heavy atom. The Hall–Kier alpha value is -0.160. The summed E-state index contributed by atoms with van der Waals surface area (Å²) >= 11 is 0. The molecule has 4 heteroatoms. The minimum absolute atomic E-state index is 0.249. The van der Waals surface area contributed by atoms with E-state index in [1.807, 2.05) is 0 Å². The van der Waals surface area contributed by atoms with Gasteiger partial charge < -0.3 is 20.2 Å². The van der Waals surface area contributed by atoms with E-state index < -0.39 is 0 Å². The second-order valence-corrected chi connectivity index (χ2v) is 5.07. The maximum Gasteiger partial charge on any atom is 0.0585 e. The topological polar surface area (TPSA) is 38.7 Å². The molecule has 4 nitrogen and oxygen atoms in total. The van der Waals surface area contributed by atoms with E-state index in [1.165, 1.54) is 19.5 Å². The highest BCUT2D eigenvalue weighted by atomic mass is 16.3. The Morgan fingerprint density at radius 2 is 2.12 bits per heavy atom. The largest absolute Gasteiger partial charge is 0.395 e. The number of hydrogen-bond acceptors (Lipinski definition) is 4. The van der Waals surface area contributed by atoms with Crippen molar-refractivity contribution in [1.82, 2.24) is 15.1 Å². The van der Waals surface area contributed by atoms with Gasteiger partial charge in [-0.25, -0.2) is 0 Å². The zero-order chi connectivity index (χ0) is 12.7. The van der Waals surface area contributed by atoms with Crippen LogP contribution in [-0.4, -0.2) is 73.4 Å². The maximum atomic E-state index is 9.24. The van der Waals surface area contributed by atoms with E-state index in [9.17, 15) is 5.11 Å². The first-order chi connectivity index (χ1) is 8.21. The van der Waals surface area contributed by atoms with E-state index >= 15 is 0 Å². The molecule has 0 bridgehead atoms. The van der Waals surface area contributed by atoms with E-state index in [1.54, 1.807) is 0 Å². The van der Waals surface area contributed by atoms with Gasteiger partial charge in [0, 0.05) is 31.7 Å². The van der Waals surface area contributed by atoms with E-state index in [-0.39, 0.29) is 12.6 Å². The fourth-order valence-corrected chi connectivity index (χ4v) is 2.54. The van der Waals surface area contributed by atoms with Crippen molar-refractivity contribution in [2.75, 3.05) is 46.4 Å². The fourth-order valence-electron chi connectivity index (χ4n) is 2.54. The van der Waals surface area contributed by atoms with Gasteiger partial charge in [-0.1, -0.05) is 13.8 Å². The van der Waals surface area contributed by atoms with Crippen LogP contribution in [0.5, 0.6) is 0 Å². The molecule has 2 atom stereocenters. The first-order valence-electron chi connectivity index (χ1n) is 6.98. The lowest BCUT2D eigenvalue weighted by atomic mass is 10.1. The molecular weight excluding hydrogens is 214 g/mol. The molecule has 1 aliphatic rings. The average molecular weight is 243 g/mol. The van der Waals surface area contributed by atoms with Gasteiger partial charge in [-0.3, -0.25) is 0 Å². The van der Waals surface area contributed by atoms with Gasteiger partial charge in [0.15, 0.2) is 0 Å². The van der Waals surface area contributed by atoms with Crippen molar-refractivity contribution in [2.24, 2.45) is 0 Å². The average Bonchev–Trinajstić information content (AvgIpc) is 2.36. The lowest BCUT2D eigenvalue weighted by Gasteiger charge is -2.39. The number of aliphatic hydroxyl groups excluding tert-OH is 1. The van der Waals surface area contributed by atoms with Crippen LogP contribution in [0.4, 0.5) is 0 Å². The predicted octanol–water partition coefficient (Wildman–Crippen LogP) is 0.373. The standard InChI is InChI=1S/C13H29N3O/c1-4-13-10-16(9-8-15(13)3)7-6-12(11-17)14-5-2/h12-14,17H,4-11H2,1-3H3. The van der Waals surface area contributed by atoms with E-state index in [0.717, 1.165) is 26.1 Å². The van der Waals surface area contributed by atoms with Gasteiger partial charge in [-0.15, -0.1) is 0 Å². The molecule has 1 heterocycles. The van der Waals surface area contributed by atoms with Crippen LogP contribution in [-0.2, 0) is 0 Å². The van der Waals surface area contributed by atoms with Crippen molar-refractivity contribution < 1.29 is 5.11 Å². The van der Waals surface area contributed by atoms with Crippen LogP contribution in [0, 0.1) is 0 Å². The number of nitrogens with one attached hydrogen (secondary N) is 1. The smallest absolute Gasteiger partial charge is 0.0585 e. The number of aliphatic hydroxyl groups is 1. The molecule has 0 aromatic rings. The van der Waals surface area contributed by atoms with Gasteiger partial charge in [-0.2, -0.15) is 0 Å². The van der Waals surface area contributed by atoms with Crippen LogP contribution < -0.4 is 5.32 Å². The van der Waals surface area contributed by atoms with Crippen molar-refractivity contribution in [2.45, 2.75) is 38.8 Å². The first kappa shape index (κ1) is 14.9. The monoisotopic (exact) mass is 243 g/mol. The SMILES string of the molecule is CCNC(CO)CCN1CCN(C)C(CC)C1. The van der Waals surface area contributed by atoms with E-state index in [4.69, 9.17) is 0 Å². The summed E-state index contributed by atoms with van der Waals surface area (Å²) in [7, 11) is 2.22. The van der Waals surface area contributed by atoms with Gasteiger partial charge in [0.05, 0.1) is 6.61 Å². The van der Waals surface area contributed by atoms with Gasteiger partial charge in [-0.05, 0) is 33.0 Å². The van der Waals surface area contributed by atoms with Crippen molar-refractivity contribution in [3.05, 3.63) is 0 Å². The van der Waals surface area contributed by atoms with Gasteiger partial charge >= 0.3 is 0 Å². The van der Waals surface area contributed by atoms with Gasteiger partial charge in [0.2, 0.25) is 0 Å². The van der Waals surface area contributed by atoms with Gasteiger partial charge in [0.1, 0.15) is 0 Å². The van der Waals surface area contributed by atoms with Crippen LogP contribution in [0.3, 0.4) is 0 Å². The number of hydrogen-bond donors (Lipinski definition) is 2. The third-order valence-corrected chi connectivity index (χ3v) is 3.84. The number of rotatable bonds is 7. The molecule has 1 saturated heterocycles. The van der Waals surface area contributed by atoms with Crippen molar-refractivity contribution in [1.29, 1.82) is 0 Å². The molecule has 0 aromatic heterocycles. The molecule has 102 valence electrons. The highest BCUT2D eigenvalue weighted by Gasteiger charge is 2.22. The third-order valence-electron chi connectivity index (χ3n) is 3.84. The molecule has 1 aliphatic heterocycles. The van der Waals surface area contributed by atoms with E-state index in [2.05, 4.69) is 36.0 Å². The summed E-state index contributed by atoms with van der Waals surface area (Å²) in [5, 5.41) is 12.6. The quantitative estimate of drug-likeness (QED) is 0.678. The molecule has 1 rings (SSSR count). The van der Waals surface area contributed by atoms with Crippen LogP contribution in [0.1, 0.15) is 26.7 Å². The van der Waals surface area contributed by atoms with Crippen molar-refractivity contribution in [3.63, 3.8) is 0 Å². The predicted molar refractivity (Wildman–Crippen MR) is 72.3 cm³/mol. The zero-order valence-electron chi connectivity index (χ0n) is 11.7. The lowest BCUT2D eigenvalue weighted by Crippen LogP contribution is -2.52. The molecule has 17 heavy (non-hydrogen) atoms. The summed E-state index contributed by atoms with van der Waals surface area (Å²) in [6, 6.07) is 0.968. The highest BCUT2D eigenvalue weighted by molar-refractivity contribution is 4.80. The fraction of sp³-hybridized carbons (Fsp3) is 1.00. The van der Waals surface area contributed by atoms with E-state index in [0.29, 0.717) is 6.04 Å². The normalized spacial score (nSPS) is 25.1. The first-order valence-corrected chi connectivity index (χ1v) is 6.98. The summed E-state index contributed by atoms with van der Waals surface area (Å²) in [6.45, 7) is 10.1. The Labute approximate surface area is 106 Å². The summed E-state index contributed by atoms with van der Waals surface area (Å²) in [5.74, 6) is 0. The molecular formula is C13H29N3O. The molecule has 0 radical (unpaired) electrons. The Morgan fingerprint density at radius 3 is 2.71 bits per heavy atom. The minimum Gasteiger partial charge on any atom is -0.395 e. The molecule has 0 spiro atoms.